The molecule has 5 fully saturated rings. The number of cyclic esters (lactones) is 1. The number of hydrogen-bond acceptors (Lipinski definition) is 10. The molecule has 264 valence electrons. The van der Waals surface area contributed by atoms with Crippen molar-refractivity contribution in [1.29, 1.82) is 5.26 Å². The van der Waals surface area contributed by atoms with Crippen molar-refractivity contribution in [3.8, 4) is 6.07 Å². The van der Waals surface area contributed by atoms with Crippen LogP contribution in [0.2, 0.25) is 0 Å². The number of ether oxygens (including phenoxy) is 5. The molecule has 4 saturated carbocycles. The largest absolute Gasteiger partial charge is 0.463 e. The predicted molar refractivity (Wildman–Crippen MR) is 172 cm³/mol. The first kappa shape index (κ1) is 37.2. The smallest absolute Gasteiger partial charge is 0.347 e. The minimum absolute atomic E-state index is 0.00507. The van der Waals surface area contributed by atoms with Crippen LogP contribution < -0.4 is 0 Å². The standard InChI is InChI=1S/C37H57NO9/c1-10-35(7,31(41)46-28-12-13-44-29(28)39)20-34(6,22-38)21-36(8,32(42)45-23(3)43-11-2)19-33(4,5)30(40)47-37(9)26-15-24-14-25(17-26)18-27(37)16-24/h23-28H,10-21H2,1-9H3. The highest BCUT2D eigenvalue weighted by Gasteiger charge is 2.58. The molecule has 0 aromatic rings. The summed E-state index contributed by atoms with van der Waals surface area (Å²) in [6, 6.07) is 2.38. The molecule has 10 heteroatoms. The Morgan fingerprint density at radius 3 is 1.98 bits per heavy atom. The maximum Gasteiger partial charge on any atom is 0.347 e. The molecule has 1 heterocycles. The van der Waals surface area contributed by atoms with E-state index in [0.717, 1.165) is 37.5 Å². The highest BCUT2D eigenvalue weighted by Crippen LogP contribution is 2.60. The van der Waals surface area contributed by atoms with Gasteiger partial charge in [-0.1, -0.05) is 6.92 Å². The van der Waals surface area contributed by atoms with Crippen LogP contribution in [0.1, 0.15) is 127 Å². The van der Waals surface area contributed by atoms with Gasteiger partial charge in [-0.2, -0.15) is 5.26 Å². The second-order valence-electron chi connectivity index (χ2n) is 16.7. The zero-order chi connectivity index (χ0) is 35.0. The van der Waals surface area contributed by atoms with Gasteiger partial charge in [0.05, 0.1) is 34.3 Å². The van der Waals surface area contributed by atoms with E-state index in [-0.39, 0.29) is 38.3 Å². The van der Waals surface area contributed by atoms with Crippen LogP contribution in [0, 0.1) is 56.7 Å². The molecule has 0 radical (unpaired) electrons. The van der Waals surface area contributed by atoms with Gasteiger partial charge in [0.15, 0.2) is 6.29 Å². The number of carbonyl (C=O) groups excluding carboxylic acids is 4. The SMILES string of the molecule is CCOC(C)OC(=O)C(C)(CC(C)(C#N)CC(C)(CC)C(=O)OC1CCOC1=O)CC(C)(C)C(=O)OC1(C)C2CC3CC(C2)CC1C3. The van der Waals surface area contributed by atoms with Crippen LogP contribution in [0.4, 0.5) is 0 Å². The molecule has 0 aromatic heterocycles. The van der Waals surface area contributed by atoms with Crippen molar-refractivity contribution >= 4 is 23.9 Å². The van der Waals surface area contributed by atoms with Gasteiger partial charge >= 0.3 is 23.9 Å². The Labute approximate surface area is 280 Å². The molecule has 0 spiro atoms. The second kappa shape index (κ2) is 13.7. The van der Waals surface area contributed by atoms with Gasteiger partial charge in [0.25, 0.3) is 0 Å². The van der Waals surface area contributed by atoms with Crippen molar-refractivity contribution in [2.45, 2.75) is 145 Å². The van der Waals surface area contributed by atoms with E-state index in [1.807, 2.05) is 6.92 Å². The molecule has 0 aromatic carbocycles. The molecule has 5 atom stereocenters. The molecule has 47 heavy (non-hydrogen) atoms. The molecule has 4 bridgehead atoms. The fraction of sp³-hybridized carbons (Fsp3) is 0.865. The molecule has 0 N–H and O–H groups in total. The number of rotatable bonds is 15. The number of esters is 4. The number of carbonyl (C=O) groups is 4. The van der Waals surface area contributed by atoms with E-state index in [1.54, 1.807) is 48.5 Å². The van der Waals surface area contributed by atoms with Crippen LogP contribution in [0.25, 0.3) is 0 Å². The van der Waals surface area contributed by atoms with Gasteiger partial charge in [-0.05, 0) is 137 Å². The zero-order valence-corrected chi connectivity index (χ0v) is 30.1. The Hall–Kier alpha value is -2.67. The summed E-state index contributed by atoms with van der Waals surface area (Å²) in [4.78, 5) is 53.6. The van der Waals surface area contributed by atoms with E-state index < -0.39 is 57.6 Å². The molecule has 5 unspecified atom stereocenters. The van der Waals surface area contributed by atoms with Crippen LogP contribution in [0.3, 0.4) is 0 Å². The Morgan fingerprint density at radius 1 is 0.915 bits per heavy atom. The van der Waals surface area contributed by atoms with E-state index in [1.165, 1.54) is 6.42 Å². The topological polar surface area (TPSA) is 138 Å². The summed E-state index contributed by atoms with van der Waals surface area (Å²) < 4.78 is 28.3. The fourth-order valence-electron chi connectivity index (χ4n) is 9.50. The van der Waals surface area contributed by atoms with Crippen molar-refractivity contribution in [1.82, 2.24) is 0 Å². The lowest BCUT2D eigenvalue weighted by Crippen LogP contribution is -2.59. The predicted octanol–water partition coefficient (Wildman–Crippen LogP) is 6.68. The quantitative estimate of drug-likeness (QED) is 0.106. The Bertz CT molecular complexity index is 1230. The van der Waals surface area contributed by atoms with Crippen molar-refractivity contribution in [3.63, 3.8) is 0 Å². The van der Waals surface area contributed by atoms with Gasteiger partial charge in [0, 0.05) is 13.0 Å². The van der Waals surface area contributed by atoms with Gasteiger partial charge < -0.3 is 23.7 Å². The summed E-state index contributed by atoms with van der Waals surface area (Å²) in [6.07, 6.45) is 4.63. The molecule has 1 aliphatic heterocycles. The Kier molecular flexibility index (Phi) is 10.8. The number of nitriles is 1. The van der Waals surface area contributed by atoms with Gasteiger partial charge in [-0.15, -0.1) is 0 Å². The Morgan fingerprint density at radius 2 is 1.49 bits per heavy atom. The summed E-state index contributed by atoms with van der Waals surface area (Å²) >= 11 is 0. The first-order valence-electron chi connectivity index (χ1n) is 17.7. The van der Waals surface area contributed by atoms with Crippen LogP contribution in [-0.4, -0.2) is 55.1 Å². The lowest BCUT2D eigenvalue weighted by molar-refractivity contribution is -0.213. The van der Waals surface area contributed by atoms with Crippen LogP contribution >= 0.6 is 0 Å². The average molecular weight is 660 g/mol. The van der Waals surface area contributed by atoms with Gasteiger partial charge in [-0.3, -0.25) is 14.4 Å². The third kappa shape index (κ3) is 7.81. The molecule has 4 aliphatic carbocycles. The minimum Gasteiger partial charge on any atom is -0.463 e. The molecular formula is C37H57NO9. The summed E-state index contributed by atoms with van der Waals surface area (Å²) in [5.41, 5.74) is -5.28. The molecular weight excluding hydrogens is 602 g/mol. The highest BCUT2D eigenvalue weighted by molar-refractivity contribution is 5.83. The monoisotopic (exact) mass is 659 g/mol. The van der Waals surface area contributed by atoms with E-state index in [0.29, 0.717) is 24.9 Å². The number of hydrogen-bond donors (Lipinski definition) is 0. The van der Waals surface area contributed by atoms with Crippen LogP contribution in [0.15, 0.2) is 0 Å². The van der Waals surface area contributed by atoms with Crippen molar-refractivity contribution < 1.29 is 42.9 Å². The first-order valence-corrected chi connectivity index (χ1v) is 17.7. The third-order valence-electron chi connectivity index (χ3n) is 11.9. The van der Waals surface area contributed by atoms with Crippen LogP contribution in [0.5, 0.6) is 0 Å². The molecule has 5 aliphatic rings. The summed E-state index contributed by atoms with van der Waals surface area (Å²) in [7, 11) is 0. The highest BCUT2D eigenvalue weighted by atomic mass is 16.7. The zero-order valence-electron chi connectivity index (χ0n) is 30.1. The van der Waals surface area contributed by atoms with Crippen molar-refractivity contribution in [3.05, 3.63) is 0 Å². The normalized spacial score (nSPS) is 32.6. The second-order valence-corrected chi connectivity index (χ2v) is 16.7. The maximum atomic E-state index is 14.1. The van der Waals surface area contributed by atoms with E-state index in [2.05, 4.69) is 13.0 Å². The van der Waals surface area contributed by atoms with Crippen molar-refractivity contribution in [2.24, 2.45) is 45.3 Å². The lowest BCUT2D eigenvalue weighted by atomic mass is 9.50. The summed E-state index contributed by atoms with van der Waals surface area (Å²) in [5, 5.41) is 10.6. The molecule has 10 nitrogen and oxygen atoms in total. The van der Waals surface area contributed by atoms with E-state index in [4.69, 9.17) is 23.7 Å². The molecule has 0 amide bonds. The summed E-state index contributed by atoms with van der Waals surface area (Å²) in [6.45, 7) is 16.6. The lowest BCUT2D eigenvalue weighted by Gasteiger charge is -2.59. The van der Waals surface area contributed by atoms with E-state index >= 15 is 0 Å². The fourth-order valence-corrected chi connectivity index (χ4v) is 9.50. The minimum atomic E-state index is -1.32. The van der Waals surface area contributed by atoms with Gasteiger partial charge in [0.1, 0.15) is 5.60 Å². The Balaban J connectivity index is 1.57. The molecule has 1 saturated heterocycles. The van der Waals surface area contributed by atoms with Crippen LogP contribution in [-0.2, 0) is 42.9 Å². The summed E-state index contributed by atoms with van der Waals surface area (Å²) in [5.74, 6) is 0.0451. The van der Waals surface area contributed by atoms with E-state index in [9.17, 15) is 24.4 Å². The average Bonchev–Trinajstić information content (AvgIpc) is 3.38. The third-order valence-corrected chi connectivity index (χ3v) is 11.9. The van der Waals surface area contributed by atoms with Gasteiger partial charge in [0.2, 0.25) is 6.10 Å². The molecule has 5 rings (SSSR count). The number of nitrogens with zero attached hydrogens (tertiary/aromatic N) is 1. The van der Waals surface area contributed by atoms with Crippen molar-refractivity contribution in [2.75, 3.05) is 13.2 Å². The first-order chi connectivity index (χ1) is 21.8. The maximum absolute atomic E-state index is 14.1. The van der Waals surface area contributed by atoms with Gasteiger partial charge in [-0.25, -0.2) is 4.79 Å².